The Labute approximate surface area is 109 Å². The van der Waals surface area contributed by atoms with Crippen LogP contribution in [0, 0.1) is 0 Å². The van der Waals surface area contributed by atoms with Crippen molar-refractivity contribution in [2.45, 2.75) is 19.5 Å². The second-order valence-electron chi connectivity index (χ2n) is 4.46. The fourth-order valence-electron chi connectivity index (χ4n) is 1.92. The highest BCUT2D eigenvalue weighted by Gasteiger charge is 2.03. The van der Waals surface area contributed by atoms with E-state index in [1.54, 1.807) is 0 Å². The highest BCUT2D eigenvalue weighted by Crippen LogP contribution is 2.13. The molecule has 18 heavy (non-hydrogen) atoms. The van der Waals surface area contributed by atoms with Crippen molar-refractivity contribution in [3.63, 3.8) is 0 Å². The van der Waals surface area contributed by atoms with Gasteiger partial charge in [0.05, 0.1) is 0 Å². The largest absolute Gasteiger partial charge is 0.388 e. The van der Waals surface area contributed by atoms with Crippen LogP contribution in [0.25, 0.3) is 0 Å². The van der Waals surface area contributed by atoms with Crippen molar-refractivity contribution < 1.29 is 0 Å². The summed E-state index contributed by atoms with van der Waals surface area (Å²) in [5, 5.41) is 6.66. The molecule has 1 unspecified atom stereocenters. The van der Waals surface area contributed by atoms with Crippen molar-refractivity contribution in [1.29, 1.82) is 0 Å². The van der Waals surface area contributed by atoms with Gasteiger partial charge in [-0.2, -0.15) is 0 Å². The summed E-state index contributed by atoms with van der Waals surface area (Å²) in [7, 11) is 1.94. The summed E-state index contributed by atoms with van der Waals surface area (Å²) in [5.41, 5.74) is 3.77. The van der Waals surface area contributed by atoms with E-state index in [-0.39, 0.29) is 0 Å². The first-order chi connectivity index (χ1) is 8.79. The predicted octanol–water partition coefficient (Wildman–Crippen LogP) is 3.58. The Morgan fingerprint density at radius 3 is 2.22 bits per heavy atom. The Balaban J connectivity index is 1.91. The first kappa shape index (κ1) is 12.7. The smallest absolute Gasteiger partial charge is 0.0337 e. The molecule has 0 bridgehead atoms. The summed E-state index contributed by atoms with van der Waals surface area (Å²) in [6.07, 6.45) is 0. The molecule has 0 fully saturated rings. The van der Waals surface area contributed by atoms with Gasteiger partial charge in [-0.1, -0.05) is 42.5 Å². The van der Waals surface area contributed by atoms with Gasteiger partial charge in [0.25, 0.3) is 0 Å². The average Bonchev–Trinajstić information content (AvgIpc) is 2.46. The van der Waals surface area contributed by atoms with Crippen molar-refractivity contribution in [3.8, 4) is 0 Å². The van der Waals surface area contributed by atoms with E-state index in [1.807, 2.05) is 13.1 Å². The minimum atomic E-state index is 0.371. The van der Waals surface area contributed by atoms with E-state index in [9.17, 15) is 0 Å². The van der Waals surface area contributed by atoms with E-state index < -0.39 is 0 Å². The molecule has 2 aromatic rings. The first-order valence-electron chi connectivity index (χ1n) is 6.34. The lowest BCUT2D eigenvalue weighted by Gasteiger charge is -2.14. The fraction of sp³-hybridized carbons (Fsp3) is 0.250. The van der Waals surface area contributed by atoms with E-state index in [2.05, 4.69) is 66.1 Å². The first-order valence-corrected chi connectivity index (χ1v) is 6.34. The maximum atomic E-state index is 3.53. The predicted molar refractivity (Wildman–Crippen MR) is 77.7 cm³/mol. The number of hydrogen-bond donors (Lipinski definition) is 2. The van der Waals surface area contributed by atoms with Crippen LogP contribution in [-0.2, 0) is 6.54 Å². The lowest BCUT2D eigenvalue weighted by Crippen LogP contribution is -2.17. The summed E-state index contributed by atoms with van der Waals surface area (Å²) in [6, 6.07) is 19.4. The third-order valence-corrected chi connectivity index (χ3v) is 3.15. The number of rotatable bonds is 5. The Kier molecular flexibility index (Phi) is 4.37. The zero-order chi connectivity index (χ0) is 12.8. The minimum Gasteiger partial charge on any atom is -0.388 e. The molecule has 0 aliphatic heterocycles. The zero-order valence-electron chi connectivity index (χ0n) is 11.0. The van der Waals surface area contributed by atoms with Gasteiger partial charge in [0.2, 0.25) is 0 Å². The Morgan fingerprint density at radius 2 is 1.61 bits per heavy atom. The summed E-state index contributed by atoms with van der Waals surface area (Å²) >= 11 is 0. The van der Waals surface area contributed by atoms with Crippen LogP contribution in [0.15, 0.2) is 54.6 Å². The average molecular weight is 240 g/mol. The summed E-state index contributed by atoms with van der Waals surface area (Å²) in [5.74, 6) is 0. The molecule has 0 radical (unpaired) electrons. The SMILES string of the molecule is CNc1ccc(CNC(C)c2ccccc2)cc1. The van der Waals surface area contributed by atoms with Gasteiger partial charge in [-0.15, -0.1) is 0 Å². The minimum absolute atomic E-state index is 0.371. The molecule has 2 rings (SSSR count). The summed E-state index contributed by atoms with van der Waals surface area (Å²) in [6.45, 7) is 3.08. The monoisotopic (exact) mass is 240 g/mol. The van der Waals surface area contributed by atoms with E-state index >= 15 is 0 Å². The van der Waals surface area contributed by atoms with Crippen molar-refractivity contribution in [2.24, 2.45) is 0 Å². The van der Waals surface area contributed by atoms with Gasteiger partial charge in [-0.25, -0.2) is 0 Å². The molecule has 2 heteroatoms. The third kappa shape index (κ3) is 3.34. The van der Waals surface area contributed by atoms with Crippen molar-refractivity contribution >= 4 is 5.69 Å². The van der Waals surface area contributed by atoms with Crippen LogP contribution >= 0.6 is 0 Å². The van der Waals surface area contributed by atoms with E-state index in [4.69, 9.17) is 0 Å². The van der Waals surface area contributed by atoms with E-state index in [0.29, 0.717) is 6.04 Å². The highest BCUT2D eigenvalue weighted by molar-refractivity contribution is 5.43. The van der Waals surface area contributed by atoms with Crippen LogP contribution in [-0.4, -0.2) is 7.05 Å². The van der Waals surface area contributed by atoms with Gasteiger partial charge < -0.3 is 10.6 Å². The molecule has 0 aliphatic carbocycles. The Hall–Kier alpha value is -1.80. The van der Waals surface area contributed by atoms with Gasteiger partial charge >= 0.3 is 0 Å². The van der Waals surface area contributed by atoms with Crippen molar-refractivity contribution in [3.05, 3.63) is 65.7 Å². The summed E-state index contributed by atoms with van der Waals surface area (Å²) in [4.78, 5) is 0. The van der Waals surface area contributed by atoms with Crippen LogP contribution in [0.4, 0.5) is 5.69 Å². The number of hydrogen-bond acceptors (Lipinski definition) is 2. The molecule has 2 N–H and O–H groups in total. The quantitative estimate of drug-likeness (QED) is 0.834. The molecule has 1 atom stereocenters. The molecule has 94 valence electrons. The summed E-state index contributed by atoms with van der Waals surface area (Å²) < 4.78 is 0. The molecule has 0 spiro atoms. The Bertz CT molecular complexity index is 462. The molecule has 2 aromatic carbocycles. The Morgan fingerprint density at radius 1 is 0.944 bits per heavy atom. The van der Waals surface area contributed by atoms with Crippen LogP contribution in [0.5, 0.6) is 0 Å². The van der Waals surface area contributed by atoms with E-state index in [1.165, 1.54) is 11.1 Å². The fourth-order valence-corrected chi connectivity index (χ4v) is 1.92. The van der Waals surface area contributed by atoms with Crippen LogP contribution in [0.3, 0.4) is 0 Å². The number of nitrogens with one attached hydrogen (secondary N) is 2. The van der Waals surface area contributed by atoms with Gasteiger partial charge in [-0.3, -0.25) is 0 Å². The maximum Gasteiger partial charge on any atom is 0.0337 e. The second-order valence-corrected chi connectivity index (χ2v) is 4.46. The molecule has 2 nitrogen and oxygen atoms in total. The maximum absolute atomic E-state index is 3.53. The van der Waals surface area contributed by atoms with Gasteiger partial charge in [0.1, 0.15) is 0 Å². The standard InChI is InChI=1S/C16H20N2/c1-13(15-6-4-3-5-7-15)18-12-14-8-10-16(17-2)11-9-14/h3-11,13,17-18H,12H2,1-2H3. The molecule has 0 amide bonds. The lowest BCUT2D eigenvalue weighted by molar-refractivity contribution is 0.575. The van der Waals surface area contributed by atoms with E-state index in [0.717, 1.165) is 12.2 Å². The lowest BCUT2D eigenvalue weighted by atomic mass is 10.1. The van der Waals surface area contributed by atoms with Gasteiger partial charge in [0.15, 0.2) is 0 Å². The number of benzene rings is 2. The molecular weight excluding hydrogens is 220 g/mol. The molecular formula is C16H20N2. The number of anilines is 1. The van der Waals surface area contributed by atoms with Gasteiger partial charge in [-0.05, 0) is 30.2 Å². The molecule has 0 heterocycles. The van der Waals surface area contributed by atoms with Gasteiger partial charge in [0, 0.05) is 25.3 Å². The second kappa shape index (κ2) is 6.22. The third-order valence-electron chi connectivity index (χ3n) is 3.15. The normalized spacial score (nSPS) is 12.1. The van der Waals surface area contributed by atoms with Crippen LogP contribution in [0.1, 0.15) is 24.1 Å². The van der Waals surface area contributed by atoms with Crippen molar-refractivity contribution in [2.75, 3.05) is 12.4 Å². The zero-order valence-corrected chi connectivity index (χ0v) is 11.0. The molecule has 0 saturated carbocycles. The topological polar surface area (TPSA) is 24.1 Å². The molecule has 0 aliphatic rings. The highest BCUT2D eigenvalue weighted by atomic mass is 14.9. The van der Waals surface area contributed by atoms with Crippen LogP contribution < -0.4 is 10.6 Å². The molecule has 0 saturated heterocycles. The van der Waals surface area contributed by atoms with Crippen molar-refractivity contribution in [1.82, 2.24) is 5.32 Å². The molecule has 0 aromatic heterocycles. The van der Waals surface area contributed by atoms with Crippen LogP contribution in [0.2, 0.25) is 0 Å².